The van der Waals surface area contributed by atoms with Crippen molar-refractivity contribution < 1.29 is 9.34 Å². The fourth-order valence-corrected chi connectivity index (χ4v) is 2.58. The lowest BCUT2D eigenvalue weighted by atomic mass is 10.2. The van der Waals surface area contributed by atoms with E-state index < -0.39 is 4.92 Å². The second-order valence-corrected chi connectivity index (χ2v) is 5.52. The predicted molar refractivity (Wildman–Crippen MR) is 84.4 cm³/mol. The molecule has 0 amide bonds. The smallest absolute Gasteiger partial charge is 0.312 e. The number of hydrogen-bond acceptors (Lipinski definition) is 5. The van der Waals surface area contributed by atoms with Crippen molar-refractivity contribution in [1.29, 1.82) is 0 Å². The molecule has 3 aromatic rings. The van der Waals surface area contributed by atoms with Crippen LogP contribution in [-0.2, 0) is 6.54 Å². The summed E-state index contributed by atoms with van der Waals surface area (Å²) in [5.74, 6) is 0.443. The van der Waals surface area contributed by atoms with Crippen molar-refractivity contribution in [2.45, 2.75) is 20.4 Å². The van der Waals surface area contributed by atoms with Crippen LogP contribution < -0.4 is 0 Å². The van der Waals surface area contributed by atoms with E-state index in [2.05, 4.69) is 10.1 Å². The van der Waals surface area contributed by atoms with E-state index >= 15 is 0 Å². The van der Waals surface area contributed by atoms with E-state index in [1.165, 1.54) is 6.26 Å². The van der Waals surface area contributed by atoms with Gasteiger partial charge < -0.3 is 4.42 Å². The van der Waals surface area contributed by atoms with Gasteiger partial charge in [-0.1, -0.05) is 17.7 Å². The van der Waals surface area contributed by atoms with Crippen LogP contribution in [0, 0.1) is 24.0 Å². The number of rotatable bonds is 4. The highest BCUT2D eigenvalue weighted by Gasteiger charge is 2.22. The van der Waals surface area contributed by atoms with Gasteiger partial charge in [0.25, 0.3) is 0 Å². The average molecular weight is 333 g/mol. The first-order valence-corrected chi connectivity index (χ1v) is 7.22. The van der Waals surface area contributed by atoms with Crippen molar-refractivity contribution in [3.05, 3.63) is 62.7 Å². The quantitative estimate of drug-likeness (QED) is 0.536. The molecule has 0 atom stereocenters. The number of hydrogen-bond donors (Lipinski definition) is 0. The summed E-state index contributed by atoms with van der Waals surface area (Å²) in [5, 5.41) is 15.8. The SMILES string of the molecule is Cc1nn(Cc2coc(-c3cccc(Cl)c3)n2)c(C)c1[N+](=O)[O-]. The molecule has 0 saturated carbocycles. The number of oxazole rings is 1. The van der Waals surface area contributed by atoms with E-state index in [0.29, 0.717) is 34.5 Å². The molecule has 2 heterocycles. The summed E-state index contributed by atoms with van der Waals surface area (Å²) in [6, 6.07) is 7.18. The minimum Gasteiger partial charge on any atom is -0.444 e. The third-order valence-electron chi connectivity index (χ3n) is 3.46. The van der Waals surface area contributed by atoms with Gasteiger partial charge in [0.05, 0.1) is 11.5 Å². The molecule has 0 bridgehead atoms. The summed E-state index contributed by atoms with van der Waals surface area (Å²) in [5.41, 5.74) is 2.29. The van der Waals surface area contributed by atoms with Crippen molar-refractivity contribution in [3.63, 3.8) is 0 Å². The lowest BCUT2D eigenvalue weighted by Crippen LogP contribution is -2.04. The van der Waals surface area contributed by atoms with E-state index in [-0.39, 0.29) is 5.69 Å². The zero-order chi connectivity index (χ0) is 16.6. The first-order valence-electron chi connectivity index (χ1n) is 6.84. The molecule has 1 aromatic carbocycles. The average Bonchev–Trinajstić information content (AvgIpc) is 3.05. The Kier molecular flexibility index (Phi) is 3.87. The Morgan fingerprint density at radius 3 is 2.83 bits per heavy atom. The first-order chi connectivity index (χ1) is 11.0. The predicted octanol–water partition coefficient (Wildman–Crippen LogP) is 3.76. The topological polar surface area (TPSA) is 87.0 Å². The Balaban J connectivity index is 1.88. The molecule has 0 fully saturated rings. The second-order valence-electron chi connectivity index (χ2n) is 5.09. The molecule has 23 heavy (non-hydrogen) atoms. The van der Waals surface area contributed by atoms with Crippen molar-refractivity contribution >= 4 is 17.3 Å². The molecule has 118 valence electrons. The van der Waals surface area contributed by atoms with Gasteiger partial charge in [-0.3, -0.25) is 14.8 Å². The lowest BCUT2D eigenvalue weighted by molar-refractivity contribution is -0.386. The van der Waals surface area contributed by atoms with Gasteiger partial charge in [-0.25, -0.2) is 4.98 Å². The molecule has 0 aliphatic rings. The maximum Gasteiger partial charge on any atom is 0.312 e. The number of nitrogens with zero attached hydrogens (tertiary/aromatic N) is 4. The van der Waals surface area contributed by atoms with Crippen LogP contribution in [0.5, 0.6) is 0 Å². The maximum atomic E-state index is 11.0. The van der Waals surface area contributed by atoms with Gasteiger partial charge in [0.15, 0.2) is 0 Å². The molecule has 0 aliphatic heterocycles. The summed E-state index contributed by atoms with van der Waals surface area (Å²) < 4.78 is 7.01. The second kappa shape index (κ2) is 5.85. The molecule has 0 aliphatic carbocycles. The minimum absolute atomic E-state index is 0.0311. The van der Waals surface area contributed by atoms with Gasteiger partial charge in [-0.2, -0.15) is 5.10 Å². The summed E-state index contributed by atoms with van der Waals surface area (Å²) in [4.78, 5) is 15.0. The van der Waals surface area contributed by atoms with Crippen LogP contribution >= 0.6 is 11.6 Å². The van der Waals surface area contributed by atoms with Crippen molar-refractivity contribution in [1.82, 2.24) is 14.8 Å². The van der Waals surface area contributed by atoms with Gasteiger partial charge in [0, 0.05) is 10.6 Å². The van der Waals surface area contributed by atoms with Crippen LogP contribution in [0.2, 0.25) is 5.02 Å². The normalized spacial score (nSPS) is 10.9. The zero-order valence-corrected chi connectivity index (χ0v) is 13.2. The van der Waals surface area contributed by atoms with E-state index in [4.69, 9.17) is 16.0 Å². The maximum absolute atomic E-state index is 11.0. The van der Waals surface area contributed by atoms with E-state index in [9.17, 15) is 10.1 Å². The Morgan fingerprint density at radius 2 is 2.17 bits per heavy atom. The number of benzene rings is 1. The van der Waals surface area contributed by atoms with E-state index in [1.807, 2.05) is 12.1 Å². The van der Waals surface area contributed by atoms with Crippen LogP contribution in [0.3, 0.4) is 0 Å². The highest BCUT2D eigenvalue weighted by atomic mass is 35.5. The van der Waals surface area contributed by atoms with Crippen LogP contribution in [0.4, 0.5) is 5.69 Å². The number of aryl methyl sites for hydroxylation is 1. The van der Waals surface area contributed by atoms with Gasteiger partial charge in [0.2, 0.25) is 5.89 Å². The highest BCUT2D eigenvalue weighted by molar-refractivity contribution is 6.30. The van der Waals surface area contributed by atoms with Gasteiger partial charge in [-0.15, -0.1) is 0 Å². The minimum atomic E-state index is -0.422. The van der Waals surface area contributed by atoms with Gasteiger partial charge in [0.1, 0.15) is 23.3 Å². The van der Waals surface area contributed by atoms with Crippen molar-refractivity contribution in [2.75, 3.05) is 0 Å². The molecule has 0 spiro atoms. The largest absolute Gasteiger partial charge is 0.444 e. The third kappa shape index (κ3) is 2.95. The van der Waals surface area contributed by atoms with Crippen LogP contribution in [0.1, 0.15) is 17.1 Å². The fraction of sp³-hybridized carbons (Fsp3) is 0.200. The summed E-state index contributed by atoms with van der Waals surface area (Å²) >= 11 is 5.95. The standard InChI is InChI=1S/C15H13ClN4O3/c1-9-14(20(21)22)10(2)19(18-9)7-13-8-23-15(17-13)11-4-3-5-12(16)6-11/h3-6,8H,7H2,1-2H3. The number of aromatic nitrogens is 3. The van der Waals surface area contributed by atoms with Gasteiger partial charge in [-0.05, 0) is 32.0 Å². The molecule has 2 aromatic heterocycles. The lowest BCUT2D eigenvalue weighted by Gasteiger charge is -1.99. The van der Waals surface area contributed by atoms with E-state index in [1.54, 1.807) is 30.7 Å². The highest BCUT2D eigenvalue weighted by Crippen LogP contribution is 2.24. The number of halogens is 1. The third-order valence-corrected chi connectivity index (χ3v) is 3.70. The molecular weight excluding hydrogens is 320 g/mol. The Labute approximate surface area is 136 Å². The molecule has 0 saturated heterocycles. The molecular formula is C15H13ClN4O3. The molecule has 8 heteroatoms. The summed E-state index contributed by atoms with van der Waals surface area (Å²) in [6.45, 7) is 3.57. The van der Waals surface area contributed by atoms with Crippen molar-refractivity contribution in [2.24, 2.45) is 0 Å². The van der Waals surface area contributed by atoms with Crippen LogP contribution in [0.25, 0.3) is 11.5 Å². The zero-order valence-electron chi connectivity index (χ0n) is 12.5. The van der Waals surface area contributed by atoms with Crippen molar-refractivity contribution in [3.8, 4) is 11.5 Å². The Morgan fingerprint density at radius 1 is 1.39 bits per heavy atom. The van der Waals surface area contributed by atoms with Gasteiger partial charge >= 0.3 is 5.69 Å². The number of nitro groups is 1. The molecule has 0 N–H and O–H groups in total. The first kappa shape index (κ1) is 15.2. The van der Waals surface area contributed by atoms with Crippen LogP contribution in [-0.4, -0.2) is 19.7 Å². The fourth-order valence-electron chi connectivity index (χ4n) is 2.39. The summed E-state index contributed by atoms with van der Waals surface area (Å²) in [6.07, 6.45) is 1.51. The molecule has 7 nitrogen and oxygen atoms in total. The van der Waals surface area contributed by atoms with Crippen LogP contribution in [0.15, 0.2) is 34.9 Å². The Hall–Kier alpha value is -2.67. The molecule has 0 radical (unpaired) electrons. The molecule has 0 unspecified atom stereocenters. The monoisotopic (exact) mass is 332 g/mol. The Bertz CT molecular complexity index is 885. The summed E-state index contributed by atoms with van der Waals surface area (Å²) in [7, 11) is 0. The van der Waals surface area contributed by atoms with E-state index in [0.717, 1.165) is 5.56 Å². The molecule has 3 rings (SSSR count).